The summed E-state index contributed by atoms with van der Waals surface area (Å²) in [5.41, 5.74) is 2.56. The van der Waals surface area contributed by atoms with Crippen molar-refractivity contribution in [3.8, 4) is 11.5 Å². The topological polar surface area (TPSA) is 92.9 Å². The van der Waals surface area contributed by atoms with Gasteiger partial charge in [-0.3, -0.25) is 19.8 Å². The van der Waals surface area contributed by atoms with Gasteiger partial charge in [0.05, 0.1) is 22.1 Å². The molecule has 0 bridgehead atoms. The zero-order valence-electron chi connectivity index (χ0n) is 16.0. The molecule has 1 amide bonds. The summed E-state index contributed by atoms with van der Waals surface area (Å²) in [6, 6.07) is 8.37. The average Bonchev–Trinajstić information content (AvgIpc) is 2.91. The lowest BCUT2D eigenvalue weighted by Gasteiger charge is -2.17. The number of hydrogen-bond donors (Lipinski definition) is 1. The number of aryl methyl sites for hydroxylation is 2. The Kier molecular flexibility index (Phi) is 5.90. The fourth-order valence-corrected chi connectivity index (χ4v) is 4.27. The molecule has 2 aromatic rings. The number of carbonyl (C=O) groups is 1. The lowest BCUT2D eigenvalue weighted by molar-refractivity contribution is -0.386. The highest BCUT2D eigenvalue weighted by Gasteiger charge is 2.34. The van der Waals surface area contributed by atoms with Crippen LogP contribution in [0.3, 0.4) is 0 Å². The van der Waals surface area contributed by atoms with Gasteiger partial charge in [0.25, 0.3) is 5.91 Å². The van der Waals surface area contributed by atoms with Gasteiger partial charge >= 0.3 is 5.69 Å². The second kappa shape index (κ2) is 8.22. The summed E-state index contributed by atoms with van der Waals surface area (Å²) in [6.07, 6.45) is 1.51. The van der Waals surface area contributed by atoms with Gasteiger partial charge in [-0.25, -0.2) is 0 Å². The summed E-state index contributed by atoms with van der Waals surface area (Å²) in [4.78, 5) is 25.3. The lowest BCUT2D eigenvalue weighted by atomic mass is 10.1. The van der Waals surface area contributed by atoms with Crippen LogP contribution in [0.5, 0.6) is 11.5 Å². The van der Waals surface area contributed by atoms with Crippen LogP contribution in [0.2, 0.25) is 0 Å². The molecule has 1 saturated heterocycles. The van der Waals surface area contributed by atoms with Crippen LogP contribution in [0.4, 0.5) is 11.4 Å². The molecule has 0 aliphatic carbocycles. The van der Waals surface area contributed by atoms with E-state index >= 15 is 0 Å². The first-order chi connectivity index (χ1) is 13.7. The van der Waals surface area contributed by atoms with Crippen molar-refractivity contribution < 1.29 is 19.6 Å². The van der Waals surface area contributed by atoms with Crippen molar-refractivity contribution in [1.29, 1.82) is 0 Å². The molecule has 0 aromatic heterocycles. The number of thiocarbonyl (C=S) groups is 1. The molecular formula is C20H18N2O5S2. The summed E-state index contributed by atoms with van der Waals surface area (Å²) in [7, 11) is 0. The summed E-state index contributed by atoms with van der Waals surface area (Å²) < 4.78 is 5.67. The van der Waals surface area contributed by atoms with Gasteiger partial charge in [0.15, 0.2) is 10.1 Å². The van der Waals surface area contributed by atoms with Crippen LogP contribution in [-0.4, -0.2) is 26.9 Å². The Hall–Kier alpha value is -2.91. The molecule has 0 atom stereocenters. The van der Waals surface area contributed by atoms with Gasteiger partial charge in [0.2, 0.25) is 5.75 Å². The molecule has 0 radical (unpaired) electrons. The fraction of sp³-hybridized carbons (Fsp3) is 0.200. The average molecular weight is 431 g/mol. The molecular weight excluding hydrogens is 412 g/mol. The van der Waals surface area contributed by atoms with Crippen molar-refractivity contribution in [3.05, 3.63) is 62.0 Å². The minimum atomic E-state index is -0.698. The number of nitrogens with zero attached hydrogens (tertiary/aromatic N) is 2. The Bertz CT molecular complexity index is 1070. The highest BCUT2D eigenvalue weighted by molar-refractivity contribution is 8.27. The van der Waals surface area contributed by atoms with Crippen molar-refractivity contribution in [1.82, 2.24) is 0 Å². The summed E-state index contributed by atoms with van der Waals surface area (Å²) in [5, 5.41) is 21.3. The number of thioether (sulfide) groups is 1. The Morgan fingerprint density at radius 2 is 2.03 bits per heavy atom. The van der Waals surface area contributed by atoms with E-state index in [1.54, 1.807) is 6.92 Å². The third-order valence-electron chi connectivity index (χ3n) is 4.26. The standard InChI is InChI=1S/C20H18N2O5S2/c1-4-27-16-9-13(8-15(18(16)23)22(25)26)10-17-19(24)21(20(28)29-17)14-6-5-11(2)7-12(14)3/h5-10,23H,4H2,1-3H3/b17-10+. The Labute approximate surface area is 177 Å². The van der Waals surface area contributed by atoms with Gasteiger partial charge in [-0.1, -0.05) is 41.7 Å². The van der Waals surface area contributed by atoms with Gasteiger partial charge < -0.3 is 9.84 Å². The molecule has 3 rings (SSSR count). The van der Waals surface area contributed by atoms with Crippen molar-refractivity contribution in [3.63, 3.8) is 0 Å². The van der Waals surface area contributed by atoms with Gasteiger partial charge in [-0.2, -0.15) is 0 Å². The molecule has 1 heterocycles. The number of carbonyl (C=O) groups excluding carboxylic acids is 1. The number of phenolic OH excluding ortho intramolecular Hbond substituents is 1. The van der Waals surface area contributed by atoms with Gasteiger partial charge in [-0.05, 0) is 50.1 Å². The molecule has 1 aliphatic heterocycles. The van der Waals surface area contributed by atoms with Gasteiger partial charge in [0, 0.05) is 6.07 Å². The Morgan fingerprint density at radius 1 is 1.31 bits per heavy atom. The maximum Gasteiger partial charge on any atom is 0.315 e. The minimum absolute atomic E-state index is 0.0159. The Morgan fingerprint density at radius 3 is 2.66 bits per heavy atom. The monoisotopic (exact) mass is 430 g/mol. The molecule has 29 heavy (non-hydrogen) atoms. The molecule has 1 fully saturated rings. The zero-order valence-corrected chi connectivity index (χ0v) is 17.6. The van der Waals surface area contributed by atoms with Crippen LogP contribution < -0.4 is 9.64 Å². The minimum Gasteiger partial charge on any atom is -0.500 e. The van der Waals surface area contributed by atoms with Crippen molar-refractivity contribution in [2.24, 2.45) is 0 Å². The number of amides is 1. The van der Waals surface area contributed by atoms with Crippen LogP contribution >= 0.6 is 24.0 Å². The van der Waals surface area contributed by atoms with Crippen molar-refractivity contribution in [2.45, 2.75) is 20.8 Å². The van der Waals surface area contributed by atoms with Crippen LogP contribution in [-0.2, 0) is 4.79 Å². The number of phenols is 1. The number of nitro benzene ring substituents is 1. The molecule has 1 N–H and O–H groups in total. The summed E-state index contributed by atoms with van der Waals surface area (Å²) in [5.74, 6) is -0.865. The largest absolute Gasteiger partial charge is 0.500 e. The van der Waals surface area contributed by atoms with Crippen LogP contribution in [0, 0.1) is 24.0 Å². The number of benzene rings is 2. The second-order valence-corrected chi connectivity index (χ2v) is 8.06. The summed E-state index contributed by atoms with van der Waals surface area (Å²) >= 11 is 6.51. The van der Waals surface area contributed by atoms with E-state index in [1.165, 1.54) is 23.1 Å². The first-order valence-electron chi connectivity index (χ1n) is 8.72. The van der Waals surface area contributed by atoms with Crippen LogP contribution in [0.1, 0.15) is 23.6 Å². The number of aromatic hydroxyl groups is 1. The second-order valence-electron chi connectivity index (χ2n) is 6.38. The quantitative estimate of drug-likeness (QED) is 0.317. The smallest absolute Gasteiger partial charge is 0.315 e. The lowest BCUT2D eigenvalue weighted by Crippen LogP contribution is -2.28. The van der Waals surface area contributed by atoms with E-state index in [0.717, 1.165) is 22.9 Å². The SMILES string of the molecule is CCOc1cc(/C=C2/SC(=S)N(c3ccc(C)cc3C)C2=O)cc([N+](=O)[O-])c1O. The predicted molar refractivity (Wildman–Crippen MR) is 117 cm³/mol. The number of ether oxygens (including phenoxy) is 1. The van der Waals surface area contributed by atoms with Gasteiger partial charge in [0.1, 0.15) is 0 Å². The first-order valence-corrected chi connectivity index (χ1v) is 9.94. The zero-order chi connectivity index (χ0) is 21.3. The van der Waals surface area contributed by atoms with E-state index < -0.39 is 16.4 Å². The number of nitro groups is 1. The molecule has 150 valence electrons. The van der Waals surface area contributed by atoms with E-state index in [9.17, 15) is 20.0 Å². The van der Waals surface area contributed by atoms with E-state index in [0.29, 0.717) is 20.5 Å². The van der Waals surface area contributed by atoms with E-state index in [-0.39, 0.29) is 18.3 Å². The van der Waals surface area contributed by atoms with E-state index in [4.69, 9.17) is 17.0 Å². The third kappa shape index (κ3) is 4.10. The molecule has 0 saturated carbocycles. The maximum absolute atomic E-state index is 13.0. The molecule has 2 aromatic carbocycles. The Balaban J connectivity index is 2.02. The predicted octanol–water partition coefficient (Wildman–Crippen LogP) is 4.72. The molecule has 1 aliphatic rings. The van der Waals surface area contributed by atoms with E-state index in [1.807, 2.05) is 32.0 Å². The fourth-order valence-electron chi connectivity index (χ4n) is 2.98. The molecule has 9 heteroatoms. The number of hydrogen-bond acceptors (Lipinski definition) is 7. The van der Waals surface area contributed by atoms with Crippen molar-refractivity contribution in [2.75, 3.05) is 11.5 Å². The van der Waals surface area contributed by atoms with E-state index in [2.05, 4.69) is 0 Å². The van der Waals surface area contributed by atoms with Gasteiger partial charge in [-0.15, -0.1) is 0 Å². The normalized spacial score (nSPS) is 15.3. The number of anilines is 1. The number of rotatable bonds is 5. The van der Waals surface area contributed by atoms with Crippen LogP contribution in [0.25, 0.3) is 6.08 Å². The highest BCUT2D eigenvalue weighted by atomic mass is 32.2. The molecule has 0 spiro atoms. The molecule has 0 unspecified atom stereocenters. The first kappa shape index (κ1) is 20.8. The van der Waals surface area contributed by atoms with Crippen molar-refractivity contribution >= 4 is 51.7 Å². The summed E-state index contributed by atoms with van der Waals surface area (Å²) in [6.45, 7) is 5.80. The third-order valence-corrected chi connectivity index (χ3v) is 5.56. The molecule has 7 nitrogen and oxygen atoms in total. The highest BCUT2D eigenvalue weighted by Crippen LogP contribution is 2.41. The van der Waals surface area contributed by atoms with Crippen LogP contribution in [0.15, 0.2) is 35.2 Å². The maximum atomic E-state index is 13.0.